The lowest BCUT2D eigenvalue weighted by atomic mass is 10.1. The van der Waals surface area contributed by atoms with Gasteiger partial charge in [0.05, 0.1) is 12.1 Å². The van der Waals surface area contributed by atoms with Crippen LogP contribution in [0, 0.1) is 5.82 Å². The first-order valence-electron chi connectivity index (χ1n) is 5.95. The zero-order valence-corrected chi connectivity index (χ0v) is 11.5. The lowest BCUT2D eigenvalue weighted by molar-refractivity contribution is 0.414. The summed E-state index contributed by atoms with van der Waals surface area (Å²) >= 11 is 5.65. The van der Waals surface area contributed by atoms with Gasteiger partial charge in [-0.1, -0.05) is 23.7 Å². The molecule has 2 nitrogen and oxygen atoms in total. The van der Waals surface area contributed by atoms with Crippen molar-refractivity contribution in [2.24, 2.45) is 0 Å². The fraction of sp³-hybridized carbons (Fsp3) is 0.200. The second-order valence-electron chi connectivity index (χ2n) is 4.27. The molecule has 1 unspecified atom stereocenters. The molecule has 100 valence electrons. The van der Waals surface area contributed by atoms with Crippen molar-refractivity contribution in [3.05, 3.63) is 58.9 Å². The molecule has 4 heteroatoms. The number of hydrogen-bond donors (Lipinski definition) is 1. The number of methoxy groups -OCH3 is 1. The van der Waals surface area contributed by atoms with Crippen LogP contribution < -0.4 is 10.1 Å². The number of halogens is 2. The molecular weight excluding hydrogens is 265 g/mol. The highest BCUT2D eigenvalue weighted by Gasteiger charge is 2.07. The van der Waals surface area contributed by atoms with E-state index in [9.17, 15) is 4.39 Å². The van der Waals surface area contributed by atoms with Crippen LogP contribution in [0.15, 0.2) is 42.5 Å². The highest BCUT2D eigenvalue weighted by molar-refractivity contribution is 6.30. The fourth-order valence-corrected chi connectivity index (χ4v) is 1.93. The molecule has 0 aliphatic rings. The molecule has 2 aromatic rings. The van der Waals surface area contributed by atoms with Crippen LogP contribution in [0.2, 0.25) is 5.02 Å². The lowest BCUT2D eigenvalue weighted by Gasteiger charge is -2.16. The molecule has 0 saturated carbocycles. The Morgan fingerprint density at radius 2 is 1.84 bits per heavy atom. The predicted molar refractivity (Wildman–Crippen MR) is 76.4 cm³/mol. The zero-order valence-electron chi connectivity index (χ0n) is 10.8. The summed E-state index contributed by atoms with van der Waals surface area (Å²) in [5.41, 5.74) is 1.79. The van der Waals surface area contributed by atoms with Crippen molar-refractivity contribution < 1.29 is 9.13 Å². The van der Waals surface area contributed by atoms with Crippen molar-refractivity contribution in [1.29, 1.82) is 0 Å². The van der Waals surface area contributed by atoms with Gasteiger partial charge in [-0.3, -0.25) is 0 Å². The van der Waals surface area contributed by atoms with Crippen LogP contribution in [0.1, 0.15) is 18.5 Å². The van der Waals surface area contributed by atoms with E-state index in [1.807, 2.05) is 31.2 Å². The summed E-state index contributed by atoms with van der Waals surface area (Å²) < 4.78 is 18.5. The molecule has 0 bridgehead atoms. The van der Waals surface area contributed by atoms with Crippen molar-refractivity contribution >= 4 is 17.3 Å². The monoisotopic (exact) mass is 279 g/mol. The molecule has 1 N–H and O–H groups in total. The molecule has 0 spiro atoms. The van der Waals surface area contributed by atoms with Gasteiger partial charge in [0, 0.05) is 11.7 Å². The predicted octanol–water partition coefficient (Wildman–Crippen LogP) is 4.66. The van der Waals surface area contributed by atoms with Gasteiger partial charge >= 0.3 is 0 Å². The summed E-state index contributed by atoms with van der Waals surface area (Å²) in [5, 5.41) is 3.35. The Kier molecular flexibility index (Phi) is 4.27. The molecule has 0 aliphatic heterocycles. The van der Waals surface area contributed by atoms with Gasteiger partial charge < -0.3 is 10.1 Å². The van der Waals surface area contributed by atoms with Crippen LogP contribution in [0.4, 0.5) is 10.1 Å². The Labute approximate surface area is 117 Å². The van der Waals surface area contributed by atoms with E-state index in [0.717, 1.165) is 11.3 Å². The van der Waals surface area contributed by atoms with Gasteiger partial charge in [0.15, 0.2) is 0 Å². The summed E-state index contributed by atoms with van der Waals surface area (Å²) in [6.07, 6.45) is 0. The molecule has 0 amide bonds. The third-order valence-corrected chi connectivity index (χ3v) is 3.23. The molecule has 0 aromatic heterocycles. The summed E-state index contributed by atoms with van der Waals surface area (Å²) in [4.78, 5) is 0. The summed E-state index contributed by atoms with van der Waals surface area (Å²) in [5.74, 6) is 0.391. The topological polar surface area (TPSA) is 21.3 Å². The first kappa shape index (κ1) is 13.7. The minimum atomic E-state index is -0.423. The van der Waals surface area contributed by atoms with E-state index < -0.39 is 5.82 Å². The number of nitrogens with one attached hydrogen (secondary N) is 1. The normalized spacial score (nSPS) is 12.0. The molecule has 0 fully saturated rings. The maximum Gasteiger partial charge on any atom is 0.143 e. The first-order valence-corrected chi connectivity index (χ1v) is 6.33. The van der Waals surface area contributed by atoms with Crippen LogP contribution >= 0.6 is 11.6 Å². The Balaban J connectivity index is 2.10. The van der Waals surface area contributed by atoms with Gasteiger partial charge in [-0.15, -0.1) is 0 Å². The van der Waals surface area contributed by atoms with Gasteiger partial charge in [-0.05, 0) is 42.8 Å². The molecular formula is C15H15ClFNO. The first-order chi connectivity index (χ1) is 9.10. The second kappa shape index (κ2) is 5.93. The number of benzene rings is 2. The van der Waals surface area contributed by atoms with Gasteiger partial charge in [0.1, 0.15) is 11.6 Å². The van der Waals surface area contributed by atoms with Crippen LogP contribution in [0.25, 0.3) is 0 Å². The molecule has 0 radical (unpaired) electrons. The fourth-order valence-electron chi connectivity index (χ4n) is 1.81. The Morgan fingerprint density at radius 1 is 1.16 bits per heavy atom. The summed E-state index contributed by atoms with van der Waals surface area (Å²) in [7, 11) is 1.63. The van der Waals surface area contributed by atoms with E-state index in [0.29, 0.717) is 5.69 Å². The second-order valence-corrected chi connectivity index (χ2v) is 4.68. The van der Waals surface area contributed by atoms with Crippen molar-refractivity contribution in [2.75, 3.05) is 12.4 Å². The Bertz CT molecular complexity index is 557. The van der Waals surface area contributed by atoms with Crippen molar-refractivity contribution in [1.82, 2.24) is 0 Å². The molecule has 0 saturated heterocycles. The van der Waals surface area contributed by atoms with Gasteiger partial charge in [-0.25, -0.2) is 4.39 Å². The maximum absolute atomic E-state index is 13.3. The standard InChI is InChI=1S/C15H15ClFNO/c1-10(11-3-6-13(19-2)7-4-11)18-12-5-8-14(16)15(17)9-12/h3-10,18H,1-2H3. The SMILES string of the molecule is COc1ccc(C(C)Nc2ccc(Cl)c(F)c2)cc1. The molecule has 19 heavy (non-hydrogen) atoms. The van der Waals surface area contributed by atoms with Crippen LogP contribution in [0.5, 0.6) is 5.75 Å². The number of anilines is 1. The van der Waals surface area contributed by atoms with E-state index in [1.165, 1.54) is 6.07 Å². The number of rotatable bonds is 4. The molecule has 0 heterocycles. The minimum Gasteiger partial charge on any atom is -0.497 e. The maximum atomic E-state index is 13.3. The van der Waals surface area contributed by atoms with Crippen LogP contribution in [-0.4, -0.2) is 7.11 Å². The minimum absolute atomic E-state index is 0.0616. The quantitative estimate of drug-likeness (QED) is 0.879. The Morgan fingerprint density at radius 3 is 2.42 bits per heavy atom. The molecule has 2 rings (SSSR count). The summed E-state index contributed by atoms with van der Waals surface area (Å²) in [6, 6.07) is 12.5. The third kappa shape index (κ3) is 3.38. The Hall–Kier alpha value is -1.74. The zero-order chi connectivity index (χ0) is 13.8. The van der Waals surface area contributed by atoms with Crippen molar-refractivity contribution in [3.8, 4) is 5.75 Å². The summed E-state index contributed by atoms with van der Waals surface area (Å²) in [6.45, 7) is 2.01. The lowest BCUT2D eigenvalue weighted by Crippen LogP contribution is -2.06. The highest BCUT2D eigenvalue weighted by Crippen LogP contribution is 2.24. The van der Waals surface area contributed by atoms with E-state index in [1.54, 1.807) is 19.2 Å². The van der Waals surface area contributed by atoms with Gasteiger partial charge in [0.2, 0.25) is 0 Å². The molecule has 1 atom stereocenters. The van der Waals surface area contributed by atoms with E-state index in [-0.39, 0.29) is 11.1 Å². The average Bonchev–Trinajstić information content (AvgIpc) is 2.43. The smallest absolute Gasteiger partial charge is 0.143 e. The van der Waals surface area contributed by atoms with Gasteiger partial charge in [0.25, 0.3) is 0 Å². The highest BCUT2D eigenvalue weighted by atomic mass is 35.5. The van der Waals surface area contributed by atoms with Crippen molar-refractivity contribution in [3.63, 3.8) is 0 Å². The van der Waals surface area contributed by atoms with Crippen molar-refractivity contribution in [2.45, 2.75) is 13.0 Å². The third-order valence-electron chi connectivity index (χ3n) is 2.92. The van der Waals surface area contributed by atoms with Gasteiger partial charge in [-0.2, -0.15) is 0 Å². The van der Waals surface area contributed by atoms with E-state index in [2.05, 4.69) is 5.32 Å². The van der Waals surface area contributed by atoms with Crippen LogP contribution in [-0.2, 0) is 0 Å². The van der Waals surface area contributed by atoms with E-state index in [4.69, 9.17) is 16.3 Å². The number of ether oxygens (including phenoxy) is 1. The van der Waals surface area contributed by atoms with Crippen LogP contribution in [0.3, 0.4) is 0 Å². The molecule has 2 aromatic carbocycles. The molecule has 0 aliphatic carbocycles. The average molecular weight is 280 g/mol. The number of hydrogen-bond acceptors (Lipinski definition) is 2. The largest absolute Gasteiger partial charge is 0.497 e. The van der Waals surface area contributed by atoms with E-state index >= 15 is 0 Å².